The number of piperidine rings is 2. The number of carbonyl (C=O) groups excluding carboxylic acids is 2. The standard InChI is InChI=1S/C26H45N3O3/c1-5-32-21-8-6-7-18(12-21)25(30)28-20-10-9-16(2)22(14-20)23-13-19-15-27-17(3)11-24(19)29(4)26(23)31/h16-24,27H,5-15H2,1-4H3,(H,28,30). The van der Waals surface area contributed by atoms with Gasteiger partial charge in [0.15, 0.2) is 0 Å². The maximum atomic E-state index is 13.4. The second-order valence-corrected chi connectivity index (χ2v) is 11.3. The number of nitrogens with one attached hydrogen (secondary N) is 2. The summed E-state index contributed by atoms with van der Waals surface area (Å²) in [6.07, 6.45) is 9.35. The Bertz CT molecular complexity index is 669. The van der Waals surface area contributed by atoms with Gasteiger partial charge in [-0.25, -0.2) is 0 Å². The first kappa shape index (κ1) is 24.0. The van der Waals surface area contributed by atoms with E-state index in [1.807, 2.05) is 14.0 Å². The summed E-state index contributed by atoms with van der Waals surface area (Å²) in [6.45, 7) is 8.31. The van der Waals surface area contributed by atoms with Crippen molar-refractivity contribution in [2.45, 2.75) is 103 Å². The van der Waals surface area contributed by atoms with Crippen LogP contribution in [-0.2, 0) is 14.3 Å². The molecule has 2 saturated heterocycles. The van der Waals surface area contributed by atoms with Crippen molar-refractivity contribution < 1.29 is 14.3 Å². The molecule has 6 nitrogen and oxygen atoms in total. The number of nitrogens with zero attached hydrogens (tertiary/aromatic N) is 1. The van der Waals surface area contributed by atoms with E-state index >= 15 is 0 Å². The van der Waals surface area contributed by atoms with E-state index in [1.54, 1.807) is 0 Å². The fourth-order valence-corrected chi connectivity index (χ4v) is 7.19. The Balaban J connectivity index is 1.37. The fourth-order valence-electron chi connectivity index (χ4n) is 7.19. The van der Waals surface area contributed by atoms with Gasteiger partial charge in [0.1, 0.15) is 0 Å². The summed E-state index contributed by atoms with van der Waals surface area (Å²) in [5, 5.41) is 7.03. The molecule has 2 aliphatic heterocycles. The van der Waals surface area contributed by atoms with Crippen LogP contribution in [0.15, 0.2) is 0 Å². The van der Waals surface area contributed by atoms with Gasteiger partial charge in [-0.05, 0) is 83.0 Å². The van der Waals surface area contributed by atoms with E-state index in [-0.39, 0.29) is 29.9 Å². The van der Waals surface area contributed by atoms with Crippen molar-refractivity contribution in [3.63, 3.8) is 0 Å². The lowest BCUT2D eigenvalue weighted by atomic mass is 9.65. The lowest BCUT2D eigenvalue weighted by Crippen LogP contribution is -2.60. The van der Waals surface area contributed by atoms with E-state index in [1.165, 1.54) is 0 Å². The van der Waals surface area contributed by atoms with Gasteiger partial charge in [0, 0.05) is 50.2 Å². The third-order valence-electron chi connectivity index (χ3n) is 9.11. The quantitative estimate of drug-likeness (QED) is 0.678. The summed E-state index contributed by atoms with van der Waals surface area (Å²) in [7, 11) is 2.02. The molecule has 0 aromatic heterocycles. The Labute approximate surface area is 194 Å². The predicted octanol–water partition coefficient (Wildman–Crippen LogP) is 3.35. The number of likely N-dealkylation sites (tertiary alicyclic amines) is 1. The van der Waals surface area contributed by atoms with Gasteiger partial charge in [0.05, 0.1) is 6.10 Å². The Kier molecular flexibility index (Phi) is 7.81. The molecule has 182 valence electrons. The van der Waals surface area contributed by atoms with Crippen LogP contribution in [0.4, 0.5) is 0 Å². The summed E-state index contributed by atoms with van der Waals surface area (Å²) in [5.41, 5.74) is 0. The Morgan fingerprint density at radius 3 is 2.72 bits per heavy atom. The van der Waals surface area contributed by atoms with Crippen LogP contribution in [0.3, 0.4) is 0 Å². The van der Waals surface area contributed by atoms with Gasteiger partial charge in [-0.15, -0.1) is 0 Å². The van der Waals surface area contributed by atoms with Crippen LogP contribution in [0.5, 0.6) is 0 Å². The molecule has 0 spiro atoms. The second kappa shape index (κ2) is 10.4. The molecular weight excluding hydrogens is 402 g/mol. The average Bonchev–Trinajstić information content (AvgIpc) is 2.78. The number of hydrogen-bond acceptors (Lipinski definition) is 4. The maximum Gasteiger partial charge on any atom is 0.225 e. The highest BCUT2D eigenvalue weighted by Gasteiger charge is 2.47. The zero-order valence-corrected chi connectivity index (χ0v) is 20.6. The van der Waals surface area contributed by atoms with Gasteiger partial charge < -0.3 is 20.3 Å². The van der Waals surface area contributed by atoms with Crippen LogP contribution in [-0.4, -0.2) is 61.1 Å². The van der Waals surface area contributed by atoms with Crippen molar-refractivity contribution in [3.05, 3.63) is 0 Å². The van der Waals surface area contributed by atoms with Gasteiger partial charge in [0.25, 0.3) is 0 Å². The van der Waals surface area contributed by atoms with E-state index in [2.05, 4.69) is 29.4 Å². The van der Waals surface area contributed by atoms with Gasteiger partial charge >= 0.3 is 0 Å². The van der Waals surface area contributed by atoms with E-state index in [4.69, 9.17) is 4.74 Å². The molecule has 6 heteroatoms. The molecule has 4 aliphatic rings. The molecule has 4 rings (SSSR count). The van der Waals surface area contributed by atoms with Gasteiger partial charge in [0.2, 0.25) is 11.8 Å². The summed E-state index contributed by atoms with van der Waals surface area (Å²) in [4.78, 5) is 28.5. The average molecular weight is 448 g/mol. The molecule has 4 fully saturated rings. The molecule has 0 aromatic rings. The summed E-state index contributed by atoms with van der Waals surface area (Å²) in [5.74, 6) is 2.20. The van der Waals surface area contributed by atoms with E-state index in [9.17, 15) is 9.59 Å². The predicted molar refractivity (Wildman–Crippen MR) is 126 cm³/mol. The Morgan fingerprint density at radius 1 is 1.12 bits per heavy atom. The normalized spacial score (nSPS) is 42.9. The van der Waals surface area contributed by atoms with Crippen molar-refractivity contribution in [2.24, 2.45) is 29.6 Å². The van der Waals surface area contributed by atoms with Gasteiger partial charge in [-0.2, -0.15) is 0 Å². The number of amides is 2. The number of rotatable bonds is 5. The fraction of sp³-hybridized carbons (Fsp3) is 0.923. The van der Waals surface area contributed by atoms with E-state index < -0.39 is 0 Å². The summed E-state index contributed by atoms with van der Waals surface area (Å²) in [6, 6.07) is 1.07. The molecule has 9 atom stereocenters. The SMILES string of the molecule is CCOC1CCCC(C(=O)NC2CCC(C)C(C3CC4CNC(C)CC4N(C)C3=O)C2)C1. The topological polar surface area (TPSA) is 70.7 Å². The number of ether oxygens (including phenoxy) is 1. The van der Waals surface area contributed by atoms with Crippen LogP contribution >= 0.6 is 0 Å². The van der Waals surface area contributed by atoms with Gasteiger partial charge in [-0.1, -0.05) is 13.3 Å². The molecule has 0 radical (unpaired) electrons. The van der Waals surface area contributed by atoms with Crippen LogP contribution in [0.2, 0.25) is 0 Å². The van der Waals surface area contributed by atoms with Crippen molar-refractivity contribution in [1.82, 2.24) is 15.5 Å². The molecule has 2 saturated carbocycles. The van der Waals surface area contributed by atoms with Gasteiger partial charge in [-0.3, -0.25) is 9.59 Å². The van der Waals surface area contributed by atoms with Crippen LogP contribution in [0.25, 0.3) is 0 Å². The van der Waals surface area contributed by atoms with Crippen molar-refractivity contribution in [2.75, 3.05) is 20.2 Å². The summed E-state index contributed by atoms with van der Waals surface area (Å²) >= 11 is 0. The molecule has 0 bridgehead atoms. The molecule has 32 heavy (non-hydrogen) atoms. The molecular formula is C26H45N3O3. The third-order valence-corrected chi connectivity index (χ3v) is 9.11. The number of hydrogen-bond donors (Lipinski definition) is 2. The molecule has 0 aromatic carbocycles. The van der Waals surface area contributed by atoms with E-state index in [0.29, 0.717) is 35.7 Å². The molecule has 2 N–H and O–H groups in total. The Morgan fingerprint density at radius 2 is 1.94 bits per heavy atom. The minimum Gasteiger partial charge on any atom is -0.378 e. The first-order valence-electron chi connectivity index (χ1n) is 13.3. The second-order valence-electron chi connectivity index (χ2n) is 11.3. The molecule has 2 amide bonds. The van der Waals surface area contributed by atoms with Crippen LogP contribution in [0, 0.1) is 29.6 Å². The highest BCUT2D eigenvalue weighted by atomic mass is 16.5. The molecule has 9 unspecified atom stereocenters. The lowest BCUT2D eigenvalue weighted by Gasteiger charge is -2.50. The summed E-state index contributed by atoms with van der Waals surface area (Å²) < 4.78 is 5.81. The van der Waals surface area contributed by atoms with Crippen molar-refractivity contribution in [3.8, 4) is 0 Å². The van der Waals surface area contributed by atoms with Crippen molar-refractivity contribution in [1.29, 1.82) is 0 Å². The van der Waals surface area contributed by atoms with Crippen molar-refractivity contribution >= 4 is 11.8 Å². The largest absolute Gasteiger partial charge is 0.378 e. The molecule has 2 heterocycles. The number of carbonyl (C=O) groups is 2. The first-order chi connectivity index (χ1) is 15.4. The monoisotopic (exact) mass is 447 g/mol. The van der Waals surface area contributed by atoms with E-state index in [0.717, 1.165) is 70.9 Å². The lowest BCUT2D eigenvalue weighted by molar-refractivity contribution is -0.148. The van der Waals surface area contributed by atoms with Crippen LogP contribution in [0.1, 0.15) is 78.6 Å². The molecule has 2 aliphatic carbocycles. The zero-order valence-electron chi connectivity index (χ0n) is 20.6. The number of fused-ring (bicyclic) bond motifs is 1. The smallest absolute Gasteiger partial charge is 0.225 e. The zero-order chi connectivity index (χ0) is 22.8. The first-order valence-corrected chi connectivity index (χ1v) is 13.3. The maximum absolute atomic E-state index is 13.4. The minimum absolute atomic E-state index is 0.0802. The highest BCUT2D eigenvalue weighted by Crippen LogP contribution is 2.43. The minimum atomic E-state index is 0.0802. The highest BCUT2D eigenvalue weighted by molar-refractivity contribution is 5.80. The van der Waals surface area contributed by atoms with Crippen LogP contribution < -0.4 is 10.6 Å². The Hall–Kier alpha value is -1.14. The third kappa shape index (κ3) is 5.16.